The van der Waals surface area contributed by atoms with Gasteiger partial charge in [0, 0.05) is 31.7 Å². The van der Waals surface area contributed by atoms with E-state index in [0.29, 0.717) is 36.3 Å². The van der Waals surface area contributed by atoms with Crippen LogP contribution in [0.15, 0.2) is 41.4 Å². The molecule has 31 heavy (non-hydrogen) atoms. The maximum Gasteiger partial charge on any atom is 0.226 e. The predicted molar refractivity (Wildman–Crippen MR) is 123 cm³/mol. The van der Waals surface area contributed by atoms with E-state index in [1.165, 1.54) is 0 Å². The number of carbonyl (C=O) groups excluding carboxylic acids is 1. The largest absolute Gasteiger partial charge is 0.493 e. The third kappa shape index (κ3) is 6.80. The van der Waals surface area contributed by atoms with E-state index in [9.17, 15) is 4.79 Å². The normalized spacial score (nSPS) is 11.1. The van der Waals surface area contributed by atoms with Crippen molar-refractivity contribution < 1.29 is 19.0 Å². The molecule has 0 heterocycles. The van der Waals surface area contributed by atoms with Crippen molar-refractivity contribution in [2.24, 2.45) is 10.9 Å². The van der Waals surface area contributed by atoms with E-state index in [-0.39, 0.29) is 11.8 Å². The van der Waals surface area contributed by atoms with E-state index in [0.717, 1.165) is 16.8 Å². The molecular formula is C23H32N4O4. The van der Waals surface area contributed by atoms with E-state index in [2.05, 4.69) is 20.9 Å². The van der Waals surface area contributed by atoms with Crippen LogP contribution in [0.2, 0.25) is 0 Å². The van der Waals surface area contributed by atoms with Crippen LogP contribution in [0.1, 0.15) is 25.0 Å². The molecule has 0 saturated heterocycles. The van der Waals surface area contributed by atoms with Crippen molar-refractivity contribution in [3.63, 3.8) is 0 Å². The molecule has 3 N–H and O–H groups in total. The van der Waals surface area contributed by atoms with Gasteiger partial charge >= 0.3 is 0 Å². The van der Waals surface area contributed by atoms with E-state index in [1.54, 1.807) is 28.4 Å². The summed E-state index contributed by atoms with van der Waals surface area (Å²) in [6.45, 7) is 4.85. The Kier molecular flexibility index (Phi) is 8.99. The Balaban J connectivity index is 1.94. The van der Waals surface area contributed by atoms with Gasteiger partial charge in [0.05, 0.1) is 21.3 Å². The summed E-state index contributed by atoms with van der Waals surface area (Å²) < 4.78 is 16.2. The fraction of sp³-hybridized carbons (Fsp3) is 0.391. The Morgan fingerprint density at radius 2 is 1.45 bits per heavy atom. The topological polar surface area (TPSA) is 93.2 Å². The highest BCUT2D eigenvalue weighted by Crippen LogP contribution is 2.38. The lowest BCUT2D eigenvalue weighted by Crippen LogP contribution is -2.36. The number of carbonyl (C=O) groups is 1. The number of methoxy groups -OCH3 is 3. The van der Waals surface area contributed by atoms with Crippen LogP contribution < -0.4 is 30.2 Å². The first-order chi connectivity index (χ1) is 14.9. The number of ether oxygens (including phenoxy) is 3. The molecule has 2 rings (SSSR count). The number of amides is 1. The van der Waals surface area contributed by atoms with Crippen molar-refractivity contribution in [3.05, 3.63) is 47.5 Å². The molecule has 0 radical (unpaired) electrons. The molecule has 0 aliphatic rings. The van der Waals surface area contributed by atoms with Crippen LogP contribution in [0.25, 0.3) is 0 Å². The minimum absolute atomic E-state index is 0.00210. The molecule has 0 spiro atoms. The quantitative estimate of drug-likeness (QED) is 0.420. The van der Waals surface area contributed by atoms with Crippen LogP contribution in [0.4, 0.5) is 5.69 Å². The summed E-state index contributed by atoms with van der Waals surface area (Å²) in [5.41, 5.74) is 2.81. The van der Waals surface area contributed by atoms with Crippen LogP contribution in [0, 0.1) is 5.92 Å². The summed E-state index contributed by atoms with van der Waals surface area (Å²) >= 11 is 0. The smallest absolute Gasteiger partial charge is 0.226 e. The first-order valence-electron chi connectivity index (χ1n) is 10.0. The zero-order chi connectivity index (χ0) is 22.8. The average Bonchev–Trinajstić information content (AvgIpc) is 2.79. The Bertz CT molecular complexity index is 870. The standard InChI is InChI=1S/C23H32N4O4/c1-15(2)22(28)27-18-9-7-16(8-10-18)13-25-23(24-3)26-14-17-11-19(29-4)21(31-6)20(12-17)30-5/h7-12,15H,13-14H2,1-6H3,(H,27,28)(H2,24,25,26). The molecule has 0 aromatic heterocycles. The van der Waals surface area contributed by atoms with E-state index in [4.69, 9.17) is 14.2 Å². The number of aliphatic imine (C=N–C) groups is 1. The number of rotatable bonds is 9. The lowest BCUT2D eigenvalue weighted by molar-refractivity contribution is -0.118. The minimum Gasteiger partial charge on any atom is -0.493 e. The second-order valence-electron chi connectivity index (χ2n) is 7.15. The molecule has 0 atom stereocenters. The third-order valence-electron chi connectivity index (χ3n) is 4.61. The Labute approximate surface area is 184 Å². The first kappa shape index (κ1) is 23.9. The van der Waals surface area contributed by atoms with Crippen LogP contribution in [-0.2, 0) is 17.9 Å². The summed E-state index contributed by atoms with van der Waals surface area (Å²) in [5.74, 6) is 2.37. The first-order valence-corrected chi connectivity index (χ1v) is 10.0. The second-order valence-corrected chi connectivity index (χ2v) is 7.15. The number of nitrogens with one attached hydrogen (secondary N) is 3. The van der Waals surface area contributed by atoms with Crippen LogP contribution in [0.5, 0.6) is 17.2 Å². The number of benzene rings is 2. The minimum atomic E-state index is -0.0543. The molecule has 0 fully saturated rings. The van der Waals surface area contributed by atoms with Crippen molar-refractivity contribution >= 4 is 17.6 Å². The van der Waals surface area contributed by atoms with Gasteiger partial charge in [-0.2, -0.15) is 0 Å². The molecule has 0 unspecified atom stereocenters. The monoisotopic (exact) mass is 428 g/mol. The summed E-state index contributed by atoms with van der Waals surface area (Å²) in [6, 6.07) is 11.5. The van der Waals surface area contributed by atoms with Crippen molar-refractivity contribution in [1.82, 2.24) is 10.6 Å². The Morgan fingerprint density at radius 3 is 1.90 bits per heavy atom. The average molecular weight is 429 g/mol. The lowest BCUT2D eigenvalue weighted by atomic mass is 10.1. The number of anilines is 1. The predicted octanol–water partition coefficient (Wildman–Crippen LogP) is 3.17. The highest BCUT2D eigenvalue weighted by molar-refractivity contribution is 5.92. The summed E-state index contributed by atoms with van der Waals surface area (Å²) in [5, 5.41) is 9.44. The molecule has 168 valence electrons. The second kappa shape index (κ2) is 11.7. The van der Waals surface area contributed by atoms with Gasteiger partial charge in [0.15, 0.2) is 17.5 Å². The van der Waals surface area contributed by atoms with Gasteiger partial charge in [-0.25, -0.2) is 0 Å². The van der Waals surface area contributed by atoms with E-state index >= 15 is 0 Å². The molecular weight excluding hydrogens is 396 g/mol. The van der Waals surface area contributed by atoms with Crippen LogP contribution in [0.3, 0.4) is 0 Å². The summed E-state index contributed by atoms with van der Waals surface area (Å²) in [7, 11) is 6.48. The number of nitrogens with zero attached hydrogens (tertiary/aromatic N) is 1. The molecule has 0 aliphatic heterocycles. The molecule has 0 aliphatic carbocycles. The van der Waals surface area contributed by atoms with Crippen molar-refractivity contribution in [2.45, 2.75) is 26.9 Å². The number of guanidine groups is 1. The fourth-order valence-corrected chi connectivity index (χ4v) is 2.82. The summed E-state index contributed by atoms with van der Waals surface area (Å²) in [4.78, 5) is 16.0. The maximum atomic E-state index is 11.8. The molecule has 1 amide bonds. The highest BCUT2D eigenvalue weighted by atomic mass is 16.5. The molecule has 0 saturated carbocycles. The van der Waals surface area contributed by atoms with Gasteiger partial charge in [-0.1, -0.05) is 26.0 Å². The van der Waals surface area contributed by atoms with Crippen LogP contribution >= 0.6 is 0 Å². The van der Waals surface area contributed by atoms with Gasteiger partial charge in [0.2, 0.25) is 11.7 Å². The zero-order valence-corrected chi connectivity index (χ0v) is 19.0. The molecule has 2 aromatic rings. The maximum absolute atomic E-state index is 11.8. The summed E-state index contributed by atoms with van der Waals surface area (Å²) in [6.07, 6.45) is 0. The van der Waals surface area contributed by atoms with Crippen molar-refractivity contribution in [1.29, 1.82) is 0 Å². The van der Waals surface area contributed by atoms with Crippen molar-refractivity contribution in [2.75, 3.05) is 33.7 Å². The van der Waals surface area contributed by atoms with Gasteiger partial charge in [0.1, 0.15) is 0 Å². The van der Waals surface area contributed by atoms with Gasteiger partial charge in [-0.05, 0) is 35.4 Å². The zero-order valence-electron chi connectivity index (χ0n) is 19.0. The molecule has 0 bridgehead atoms. The fourth-order valence-electron chi connectivity index (χ4n) is 2.82. The SMILES string of the molecule is CN=C(NCc1ccc(NC(=O)C(C)C)cc1)NCc1cc(OC)c(OC)c(OC)c1. The molecule has 2 aromatic carbocycles. The number of hydrogen-bond acceptors (Lipinski definition) is 5. The van der Waals surface area contributed by atoms with Crippen LogP contribution in [-0.4, -0.2) is 40.2 Å². The molecule has 8 heteroatoms. The highest BCUT2D eigenvalue weighted by Gasteiger charge is 2.13. The molecule has 8 nitrogen and oxygen atoms in total. The van der Waals surface area contributed by atoms with Gasteiger partial charge in [0.25, 0.3) is 0 Å². The lowest BCUT2D eigenvalue weighted by Gasteiger charge is -2.16. The third-order valence-corrected chi connectivity index (χ3v) is 4.61. The van der Waals surface area contributed by atoms with E-state index in [1.807, 2.05) is 50.2 Å². The Hall–Kier alpha value is -3.42. The number of hydrogen-bond donors (Lipinski definition) is 3. The van der Waals surface area contributed by atoms with Gasteiger partial charge < -0.3 is 30.2 Å². The van der Waals surface area contributed by atoms with Gasteiger partial charge in [-0.3, -0.25) is 9.79 Å². The van der Waals surface area contributed by atoms with Crippen molar-refractivity contribution in [3.8, 4) is 17.2 Å². The van der Waals surface area contributed by atoms with Gasteiger partial charge in [-0.15, -0.1) is 0 Å². The Morgan fingerprint density at radius 1 is 0.903 bits per heavy atom. The van der Waals surface area contributed by atoms with E-state index < -0.39 is 0 Å².